The molecule has 3 heteroatoms. The van der Waals surface area contributed by atoms with Crippen molar-refractivity contribution < 1.29 is 4.39 Å². The molecule has 0 N–H and O–H groups in total. The van der Waals surface area contributed by atoms with E-state index in [2.05, 4.69) is 39.0 Å². The number of aryl methyl sites for hydroxylation is 1. The molecule has 3 aromatic rings. The summed E-state index contributed by atoms with van der Waals surface area (Å²) in [5.74, 6) is 2.41. The summed E-state index contributed by atoms with van der Waals surface area (Å²) in [5, 5.41) is 1.23. The summed E-state index contributed by atoms with van der Waals surface area (Å²) in [6, 6.07) is 14.1. The van der Waals surface area contributed by atoms with Gasteiger partial charge in [-0.3, -0.25) is 0 Å². The van der Waals surface area contributed by atoms with Gasteiger partial charge < -0.3 is 0 Å². The highest BCUT2D eigenvalue weighted by Gasteiger charge is 2.34. The molecule has 0 aliphatic heterocycles. The fourth-order valence-corrected chi connectivity index (χ4v) is 6.17. The quantitative estimate of drug-likeness (QED) is 0.416. The molecule has 3 unspecified atom stereocenters. The van der Waals surface area contributed by atoms with Gasteiger partial charge in [0, 0.05) is 0 Å². The Balaban J connectivity index is 1.49. The SMILES string of the molecule is CCc1nc2ccc(C3CCC(C(CC)[C@@H](C)c4ccc(F)cc4)C3)cc2s1. The molecule has 0 spiro atoms. The van der Waals surface area contributed by atoms with Gasteiger partial charge in [-0.15, -0.1) is 11.3 Å². The summed E-state index contributed by atoms with van der Waals surface area (Å²) >= 11 is 1.84. The van der Waals surface area contributed by atoms with Gasteiger partial charge in [0.1, 0.15) is 5.82 Å². The van der Waals surface area contributed by atoms with Crippen LogP contribution in [0.25, 0.3) is 10.2 Å². The molecule has 1 nitrogen and oxygen atoms in total. The Morgan fingerprint density at radius 3 is 2.61 bits per heavy atom. The maximum atomic E-state index is 13.3. The van der Waals surface area contributed by atoms with Crippen molar-refractivity contribution in [3.8, 4) is 0 Å². The van der Waals surface area contributed by atoms with Gasteiger partial charge in [-0.1, -0.05) is 45.4 Å². The van der Waals surface area contributed by atoms with E-state index < -0.39 is 0 Å². The van der Waals surface area contributed by atoms with Crippen molar-refractivity contribution >= 4 is 21.6 Å². The van der Waals surface area contributed by atoms with Crippen LogP contribution in [0.15, 0.2) is 42.5 Å². The average Bonchev–Trinajstić information content (AvgIpc) is 3.35. The molecule has 2 aromatic carbocycles. The zero-order chi connectivity index (χ0) is 19.7. The van der Waals surface area contributed by atoms with E-state index in [0.717, 1.165) is 17.9 Å². The number of aromatic nitrogens is 1. The lowest BCUT2D eigenvalue weighted by atomic mass is 9.76. The lowest BCUT2D eigenvalue weighted by molar-refractivity contribution is 0.283. The smallest absolute Gasteiger partial charge is 0.123 e. The van der Waals surface area contributed by atoms with E-state index in [0.29, 0.717) is 17.8 Å². The summed E-state index contributed by atoms with van der Waals surface area (Å²) in [6.07, 6.45) is 6.05. The molecule has 1 heterocycles. The molecular weight excluding hydrogens is 365 g/mol. The number of rotatable bonds is 6. The van der Waals surface area contributed by atoms with Crippen molar-refractivity contribution in [2.45, 2.75) is 64.7 Å². The first-order chi connectivity index (χ1) is 13.6. The molecule has 4 atom stereocenters. The van der Waals surface area contributed by atoms with E-state index in [4.69, 9.17) is 4.98 Å². The molecule has 0 bridgehead atoms. The maximum absolute atomic E-state index is 13.3. The summed E-state index contributed by atoms with van der Waals surface area (Å²) in [5.41, 5.74) is 3.91. The van der Waals surface area contributed by atoms with E-state index >= 15 is 0 Å². The third kappa shape index (κ3) is 3.87. The second-order valence-electron chi connectivity index (χ2n) is 8.37. The molecule has 28 heavy (non-hydrogen) atoms. The Morgan fingerprint density at radius 1 is 1.11 bits per heavy atom. The van der Waals surface area contributed by atoms with Crippen LogP contribution < -0.4 is 0 Å². The lowest BCUT2D eigenvalue weighted by Gasteiger charge is -2.29. The summed E-state index contributed by atoms with van der Waals surface area (Å²) in [6.45, 7) is 6.81. The minimum Gasteiger partial charge on any atom is -0.241 e. The van der Waals surface area contributed by atoms with E-state index in [-0.39, 0.29) is 5.82 Å². The van der Waals surface area contributed by atoms with Gasteiger partial charge in [0.25, 0.3) is 0 Å². The molecule has 0 amide bonds. The number of thiazole rings is 1. The van der Waals surface area contributed by atoms with Crippen LogP contribution in [0.1, 0.15) is 74.4 Å². The van der Waals surface area contributed by atoms with Gasteiger partial charge >= 0.3 is 0 Å². The Kier molecular flexibility index (Phi) is 5.82. The van der Waals surface area contributed by atoms with Gasteiger partial charge in [-0.2, -0.15) is 0 Å². The molecule has 0 saturated heterocycles. The van der Waals surface area contributed by atoms with Crippen molar-refractivity contribution in [3.05, 3.63) is 64.4 Å². The largest absolute Gasteiger partial charge is 0.241 e. The third-order valence-electron chi connectivity index (χ3n) is 6.82. The van der Waals surface area contributed by atoms with Crippen LogP contribution in [0, 0.1) is 17.7 Å². The molecule has 0 radical (unpaired) electrons. The molecule has 1 aliphatic carbocycles. The molecule has 1 saturated carbocycles. The van der Waals surface area contributed by atoms with E-state index in [9.17, 15) is 4.39 Å². The first kappa shape index (κ1) is 19.6. The molecule has 1 fully saturated rings. The van der Waals surface area contributed by atoms with E-state index in [1.807, 2.05) is 23.5 Å². The molecular formula is C25H30FNS. The zero-order valence-electron chi connectivity index (χ0n) is 17.1. The van der Waals surface area contributed by atoms with Gasteiger partial charge in [-0.05, 0) is 84.7 Å². The average molecular weight is 396 g/mol. The van der Waals surface area contributed by atoms with E-state index in [1.165, 1.54) is 46.5 Å². The highest BCUT2D eigenvalue weighted by atomic mass is 32.1. The number of fused-ring (bicyclic) bond motifs is 1. The van der Waals surface area contributed by atoms with Crippen molar-refractivity contribution in [1.82, 2.24) is 4.98 Å². The summed E-state index contributed by atoms with van der Waals surface area (Å²) < 4.78 is 14.6. The van der Waals surface area contributed by atoms with Gasteiger partial charge in [-0.25, -0.2) is 9.37 Å². The number of hydrogen-bond donors (Lipinski definition) is 0. The fourth-order valence-electron chi connectivity index (χ4n) is 5.21. The van der Waals surface area contributed by atoms with Crippen molar-refractivity contribution in [3.63, 3.8) is 0 Å². The van der Waals surface area contributed by atoms with Crippen LogP contribution in [0.4, 0.5) is 4.39 Å². The minimum atomic E-state index is -0.144. The minimum absolute atomic E-state index is 0.144. The highest BCUT2D eigenvalue weighted by molar-refractivity contribution is 7.18. The van der Waals surface area contributed by atoms with Crippen molar-refractivity contribution in [1.29, 1.82) is 0 Å². The number of nitrogens with zero attached hydrogens (tertiary/aromatic N) is 1. The molecule has 4 rings (SSSR count). The molecule has 1 aromatic heterocycles. The summed E-state index contributed by atoms with van der Waals surface area (Å²) in [4.78, 5) is 4.71. The van der Waals surface area contributed by atoms with Crippen molar-refractivity contribution in [2.75, 3.05) is 0 Å². The fraction of sp³-hybridized carbons (Fsp3) is 0.480. The lowest BCUT2D eigenvalue weighted by Crippen LogP contribution is -2.18. The van der Waals surface area contributed by atoms with Gasteiger partial charge in [0.05, 0.1) is 15.2 Å². The second-order valence-corrected chi connectivity index (χ2v) is 9.49. The van der Waals surface area contributed by atoms with Crippen molar-refractivity contribution in [2.24, 2.45) is 11.8 Å². The van der Waals surface area contributed by atoms with Crippen LogP contribution in [0.5, 0.6) is 0 Å². The number of hydrogen-bond acceptors (Lipinski definition) is 2. The summed E-state index contributed by atoms with van der Waals surface area (Å²) in [7, 11) is 0. The predicted molar refractivity (Wildman–Crippen MR) is 118 cm³/mol. The van der Waals surface area contributed by atoms with Gasteiger partial charge in [0.15, 0.2) is 0 Å². The van der Waals surface area contributed by atoms with Crippen LogP contribution in [-0.2, 0) is 6.42 Å². The third-order valence-corrected chi connectivity index (χ3v) is 7.98. The maximum Gasteiger partial charge on any atom is 0.123 e. The zero-order valence-corrected chi connectivity index (χ0v) is 17.9. The topological polar surface area (TPSA) is 12.9 Å². The normalized spacial score (nSPS) is 21.9. The highest BCUT2D eigenvalue weighted by Crippen LogP contribution is 2.47. The number of benzene rings is 2. The van der Waals surface area contributed by atoms with Crippen LogP contribution in [0.3, 0.4) is 0 Å². The van der Waals surface area contributed by atoms with Crippen LogP contribution >= 0.6 is 11.3 Å². The van der Waals surface area contributed by atoms with Crippen LogP contribution in [-0.4, -0.2) is 4.98 Å². The standard InChI is InChI=1S/C25H30FNS/c1-4-22(16(3)17-8-11-21(26)12-9-17)20-7-6-18(14-20)19-10-13-23-24(15-19)28-25(5-2)27-23/h8-13,15-16,18,20,22H,4-7,14H2,1-3H3/t16-,18?,20?,22?/m0/s1. The van der Waals surface area contributed by atoms with Gasteiger partial charge in [0.2, 0.25) is 0 Å². The second kappa shape index (κ2) is 8.32. The number of halogens is 1. The molecule has 1 aliphatic rings. The Bertz CT molecular complexity index is 929. The first-order valence-corrected chi connectivity index (χ1v) is 11.6. The Morgan fingerprint density at radius 2 is 1.89 bits per heavy atom. The monoisotopic (exact) mass is 395 g/mol. The predicted octanol–water partition coefficient (Wildman–Crippen LogP) is 7.71. The van der Waals surface area contributed by atoms with E-state index in [1.54, 1.807) is 12.1 Å². The first-order valence-electron chi connectivity index (χ1n) is 10.7. The molecule has 148 valence electrons. The van der Waals surface area contributed by atoms with Crippen LogP contribution in [0.2, 0.25) is 0 Å². The Labute approximate surface area is 172 Å². The Hall–Kier alpha value is -1.74.